The molecular formula is C27H33Cl2N3O4. The average molecular weight is 534 g/mol. The van der Waals surface area contributed by atoms with Gasteiger partial charge in [-0.1, -0.05) is 42.3 Å². The molecule has 2 aliphatic heterocycles. The number of morpholine rings is 1. The fourth-order valence-corrected chi connectivity index (χ4v) is 5.86. The van der Waals surface area contributed by atoms with Gasteiger partial charge in [0.1, 0.15) is 0 Å². The number of carbonyl (C=O) groups is 2. The molecule has 1 aromatic carbocycles. The van der Waals surface area contributed by atoms with Gasteiger partial charge in [-0.25, -0.2) is 0 Å². The molecule has 2 aromatic rings. The summed E-state index contributed by atoms with van der Waals surface area (Å²) in [6.45, 7) is 7.79. The van der Waals surface area contributed by atoms with Crippen LogP contribution in [0.1, 0.15) is 56.3 Å². The summed E-state index contributed by atoms with van der Waals surface area (Å²) in [5.41, 5.74) is 0.627. The minimum Gasteiger partial charge on any atom is -0.481 e. The lowest BCUT2D eigenvalue weighted by atomic mass is 9.67. The highest BCUT2D eigenvalue weighted by Gasteiger charge is 2.52. The van der Waals surface area contributed by atoms with Crippen molar-refractivity contribution in [2.45, 2.75) is 51.1 Å². The molecule has 9 heteroatoms. The molecular weight excluding hydrogens is 501 g/mol. The van der Waals surface area contributed by atoms with Crippen molar-refractivity contribution in [2.24, 2.45) is 5.41 Å². The van der Waals surface area contributed by atoms with Crippen LogP contribution in [0.3, 0.4) is 0 Å². The molecule has 1 amide bonds. The van der Waals surface area contributed by atoms with Gasteiger partial charge in [-0.3, -0.25) is 19.5 Å². The number of benzene rings is 1. The third-order valence-corrected chi connectivity index (χ3v) is 7.87. The number of hydrogen-bond donors (Lipinski definition) is 1. The second-order valence-corrected chi connectivity index (χ2v) is 11.0. The molecule has 0 spiro atoms. The van der Waals surface area contributed by atoms with Gasteiger partial charge in [0.05, 0.1) is 41.8 Å². The number of amides is 1. The first-order valence-electron chi connectivity index (χ1n) is 12.4. The van der Waals surface area contributed by atoms with Crippen LogP contribution in [-0.2, 0) is 14.3 Å². The number of nitrogens with zero attached hydrogens (tertiary/aromatic N) is 3. The van der Waals surface area contributed by atoms with Gasteiger partial charge >= 0.3 is 5.97 Å². The standard InChI is InChI=1S/C27H33Cl2N3O4/c1-18(8-9-31-10-12-36-13-11-31)32-25(23-7-6-21(29)17-30-23)22(19-4-3-5-20(28)14-19)15-27(2,26(32)35)16-24(33)34/h3-7,14,17-18,22,25H,8-13,15-16H2,1-2H3,(H,33,34). The van der Waals surface area contributed by atoms with E-state index in [1.807, 2.05) is 42.2 Å². The number of ether oxygens (including phenoxy) is 1. The molecule has 36 heavy (non-hydrogen) atoms. The van der Waals surface area contributed by atoms with E-state index in [1.54, 1.807) is 19.2 Å². The molecule has 194 valence electrons. The highest BCUT2D eigenvalue weighted by Crippen LogP contribution is 2.51. The number of pyridine rings is 1. The van der Waals surface area contributed by atoms with E-state index in [-0.39, 0.29) is 30.3 Å². The summed E-state index contributed by atoms with van der Waals surface area (Å²) < 4.78 is 5.47. The monoisotopic (exact) mass is 533 g/mol. The van der Waals surface area contributed by atoms with Crippen molar-refractivity contribution < 1.29 is 19.4 Å². The average Bonchev–Trinajstić information content (AvgIpc) is 2.85. The van der Waals surface area contributed by atoms with Crippen molar-refractivity contribution in [3.05, 3.63) is 63.9 Å². The Bertz CT molecular complexity index is 1080. The first kappa shape index (κ1) is 26.9. The lowest BCUT2D eigenvalue weighted by Crippen LogP contribution is -2.56. The van der Waals surface area contributed by atoms with Crippen molar-refractivity contribution in [2.75, 3.05) is 32.8 Å². The maximum Gasteiger partial charge on any atom is 0.304 e. The van der Waals surface area contributed by atoms with Crippen molar-refractivity contribution in [1.29, 1.82) is 0 Å². The second kappa shape index (κ2) is 11.5. The first-order chi connectivity index (χ1) is 17.2. The van der Waals surface area contributed by atoms with Crippen LogP contribution in [-0.4, -0.2) is 70.7 Å². The van der Waals surface area contributed by atoms with E-state index in [4.69, 9.17) is 27.9 Å². The van der Waals surface area contributed by atoms with Crippen LogP contribution >= 0.6 is 23.2 Å². The summed E-state index contributed by atoms with van der Waals surface area (Å²) in [6, 6.07) is 10.7. The summed E-state index contributed by atoms with van der Waals surface area (Å²) in [7, 11) is 0. The van der Waals surface area contributed by atoms with E-state index in [9.17, 15) is 14.7 Å². The molecule has 7 nitrogen and oxygen atoms in total. The zero-order valence-corrected chi connectivity index (χ0v) is 22.2. The number of carboxylic acid groups (broad SMARTS) is 1. The maximum atomic E-state index is 14.1. The number of likely N-dealkylation sites (tertiary alicyclic amines) is 1. The van der Waals surface area contributed by atoms with Crippen molar-refractivity contribution in [3.8, 4) is 0 Å². The molecule has 4 atom stereocenters. The first-order valence-corrected chi connectivity index (χ1v) is 13.1. The molecule has 1 N–H and O–H groups in total. The van der Waals surface area contributed by atoms with Crippen LogP contribution in [0.2, 0.25) is 10.0 Å². The van der Waals surface area contributed by atoms with Crippen LogP contribution in [0, 0.1) is 5.41 Å². The fraction of sp³-hybridized carbons (Fsp3) is 0.519. The molecule has 4 rings (SSSR count). The fourth-order valence-electron chi connectivity index (χ4n) is 5.55. The highest BCUT2D eigenvalue weighted by atomic mass is 35.5. The Kier molecular flexibility index (Phi) is 8.56. The smallest absolute Gasteiger partial charge is 0.304 e. The highest BCUT2D eigenvalue weighted by molar-refractivity contribution is 6.30. The Labute approximate surface area is 222 Å². The van der Waals surface area contributed by atoms with Gasteiger partial charge in [0.2, 0.25) is 5.91 Å². The summed E-state index contributed by atoms with van der Waals surface area (Å²) in [5.74, 6) is -1.33. The summed E-state index contributed by atoms with van der Waals surface area (Å²) in [5, 5.41) is 10.8. The summed E-state index contributed by atoms with van der Waals surface area (Å²) in [6.07, 6.45) is 2.48. The summed E-state index contributed by atoms with van der Waals surface area (Å²) in [4.78, 5) is 34.8. The van der Waals surface area contributed by atoms with E-state index in [1.165, 1.54) is 0 Å². The van der Waals surface area contributed by atoms with Gasteiger partial charge in [0.15, 0.2) is 0 Å². The Hall–Kier alpha value is -2.19. The lowest BCUT2D eigenvalue weighted by Gasteiger charge is -2.51. The SMILES string of the molecule is CC(CCN1CCOCC1)N1C(=O)C(C)(CC(=O)O)CC(c2cccc(Cl)c2)C1c1ccc(Cl)cn1. The normalized spacial score (nSPS) is 26.1. The zero-order chi connectivity index (χ0) is 25.9. The van der Waals surface area contributed by atoms with E-state index in [0.29, 0.717) is 29.7 Å². The van der Waals surface area contributed by atoms with Gasteiger partial charge in [-0.05, 0) is 49.6 Å². The molecule has 0 radical (unpaired) electrons. The molecule has 1 aromatic heterocycles. The number of hydrogen-bond acceptors (Lipinski definition) is 5. The number of halogens is 2. The minimum absolute atomic E-state index is 0.141. The zero-order valence-electron chi connectivity index (χ0n) is 20.7. The number of aromatic nitrogens is 1. The molecule has 2 aliphatic rings. The third kappa shape index (κ3) is 6.02. The van der Waals surface area contributed by atoms with E-state index < -0.39 is 11.4 Å². The molecule has 2 saturated heterocycles. The van der Waals surface area contributed by atoms with Gasteiger partial charge < -0.3 is 14.7 Å². The third-order valence-electron chi connectivity index (χ3n) is 7.42. The van der Waals surface area contributed by atoms with E-state index in [2.05, 4.69) is 9.88 Å². The number of piperidine rings is 1. The number of rotatable bonds is 8. The van der Waals surface area contributed by atoms with Gasteiger partial charge in [-0.2, -0.15) is 0 Å². The number of carboxylic acids is 1. The number of carbonyl (C=O) groups excluding carboxylic acids is 1. The Morgan fingerprint density at radius 2 is 1.97 bits per heavy atom. The lowest BCUT2D eigenvalue weighted by molar-refractivity contribution is -0.160. The molecule has 3 heterocycles. The molecule has 2 fully saturated rings. The molecule has 4 unspecified atom stereocenters. The second-order valence-electron chi connectivity index (χ2n) is 10.1. The van der Waals surface area contributed by atoms with Crippen LogP contribution in [0.15, 0.2) is 42.6 Å². The van der Waals surface area contributed by atoms with Crippen molar-refractivity contribution in [1.82, 2.24) is 14.8 Å². The molecule has 0 aliphatic carbocycles. The van der Waals surface area contributed by atoms with E-state index in [0.717, 1.165) is 37.3 Å². The number of aliphatic carboxylic acids is 1. The van der Waals surface area contributed by atoms with Crippen molar-refractivity contribution in [3.63, 3.8) is 0 Å². The van der Waals surface area contributed by atoms with Crippen LogP contribution in [0.4, 0.5) is 0 Å². The van der Waals surface area contributed by atoms with Crippen LogP contribution < -0.4 is 0 Å². The topological polar surface area (TPSA) is 83.0 Å². The Balaban J connectivity index is 1.76. The van der Waals surface area contributed by atoms with Gasteiger partial charge in [0, 0.05) is 42.8 Å². The minimum atomic E-state index is -1.06. The quantitative estimate of drug-likeness (QED) is 0.511. The Morgan fingerprint density at radius 3 is 2.61 bits per heavy atom. The predicted octanol–water partition coefficient (Wildman–Crippen LogP) is 5.04. The summed E-state index contributed by atoms with van der Waals surface area (Å²) >= 11 is 12.5. The Morgan fingerprint density at radius 1 is 1.22 bits per heavy atom. The van der Waals surface area contributed by atoms with E-state index >= 15 is 0 Å². The molecule has 0 bridgehead atoms. The molecule has 0 saturated carbocycles. The van der Waals surface area contributed by atoms with Gasteiger partial charge in [0.25, 0.3) is 0 Å². The van der Waals surface area contributed by atoms with Crippen LogP contribution in [0.5, 0.6) is 0 Å². The predicted molar refractivity (Wildman–Crippen MR) is 139 cm³/mol. The van der Waals surface area contributed by atoms with Crippen LogP contribution in [0.25, 0.3) is 0 Å². The van der Waals surface area contributed by atoms with Gasteiger partial charge in [-0.15, -0.1) is 0 Å². The largest absolute Gasteiger partial charge is 0.481 e. The van der Waals surface area contributed by atoms with Crippen molar-refractivity contribution >= 4 is 35.1 Å². The maximum absolute atomic E-state index is 14.1.